The third-order valence-corrected chi connectivity index (χ3v) is 7.06. The van der Waals surface area contributed by atoms with Crippen LogP contribution in [0.3, 0.4) is 0 Å². The van der Waals surface area contributed by atoms with Crippen molar-refractivity contribution in [2.75, 3.05) is 5.32 Å². The smallest absolute Gasteiger partial charge is 0.229 e. The van der Waals surface area contributed by atoms with Crippen LogP contribution in [0.25, 0.3) is 0 Å². The number of carbonyl (C=O) groups is 1. The number of aryl methyl sites for hydroxylation is 2. The summed E-state index contributed by atoms with van der Waals surface area (Å²) in [6.07, 6.45) is 4.24. The molecule has 25 heavy (non-hydrogen) atoms. The Morgan fingerprint density at radius 2 is 2.16 bits per heavy atom. The molecule has 1 atom stereocenters. The van der Waals surface area contributed by atoms with Crippen LogP contribution in [-0.4, -0.2) is 15.7 Å². The number of anilines is 1. The van der Waals surface area contributed by atoms with Gasteiger partial charge in [-0.15, -0.1) is 11.3 Å². The molecule has 0 bridgehead atoms. The molecule has 1 unspecified atom stereocenters. The molecule has 1 amide bonds. The predicted octanol–water partition coefficient (Wildman–Crippen LogP) is 4.35. The summed E-state index contributed by atoms with van der Waals surface area (Å²) in [4.78, 5) is 13.9. The molecular formula is C18H21BrN4OS. The van der Waals surface area contributed by atoms with E-state index in [0.29, 0.717) is 17.1 Å². The van der Waals surface area contributed by atoms with Crippen LogP contribution in [0.1, 0.15) is 47.2 Å². The van der Waals surface area contributed by atoms with Crippen LogP contribution in [0, 0.1) is 31.1 Å². The quantitative estimate of drug-likeness (QED) is 0.798. The average molecular weight is 421 g/mol. The van der Waals surface area contributed by atoms with Crippen LogP contribution in [0.4, 0.5) is 5.00 Å². The van der Waals surface area contributed by atoms with E-state index in [2.05, 4.69) is 32.4 Å². The topological polar surface area (TPSA) is 70.7 Å². The molecule has 1 aliphatic rings. The second kappa shape index (κ2) is 7.30. The molecule has 2 aromatic rings. The van der Waals surface area contributed by atoms with Crippen molar-refractivity contribution in [1.29, 1.82) is 5.26 Å². The summed E-state index contributed by atoms with van der Waals surface area (Å²) in [6, 6.07) is 2.29. The highest BCUT2D eigenvalue weighted by molar-refractivity contribution is 9.10. The lowest BCUT2D eigenvalue weighted by atomic mass is 9.96. The van der Waals surface area contributed by atoms with Crippen molar-refractivity contribution >= 4 is 38.2 Å². The van der Waals surface area contributed by atoms with Crippen molar-refractivity contribution in [3.63, 3.8) is 0 Å². The molecule has 7 heteroatoms. The first-order valence-electron chi connectivity index (χ1n) is 8.47. The minimum atomic E-state index is -0.240. The van der Waals surface area contributed by atoms with Gasteiger partial charge in [0.1, 0.15) is 11.1 Å². The fourth-order valence-electron chi connectivity index (χ4n) is 3.20. The van der Waals surface area contributed by atoms with Crippen molar-refractivity contribution in [3.05, 3.63) is 31.9 Å². The Hall–Kier alpha value is -1.65. The highest BCUT2D eigenvalue weighted by Crippen LogP contribution is 2.37. The first-order chi connectivity index (χ1) is 11.9. The number of halogens is 1. The molecule has 0 saturated carbocycles. The molecule has 0 radical (unpaired) electrons. The van der Waals surface area contributed by atoms with Gasteiger partial charge in [0.15, 0.2) is 0 Å². The van der Waals surface area contributed by atoms with Gasteiger partial charge in [0.05, 0.1) is 28.2 Å². The SMILES string of the molecule is Cc1nn(CC(C)C(=O)Nc2sc3c(c2C#N)CCCC3)c(C)c1Br. The molecule has 0 spiro atoms. The van der Waals surface area contributed by atoms with Gasteiger partial charge in [0, 0.05) is 10.6 Å². The van der Waals surface area contributed by atoms with Gasteiger partial charge < -0.3 is 5.32 Å². The zero-order chi connectivity index (χ0) is 18.1. The Balaban J connectivity index is 1.75. The van der Waals surface area contributed by atoms with E-state index in [0.717, 1.165) is 47.1 Å². The van der Waals surface area contributed by atoms with Crippen molar-refractivity contribution in [1.82, 2.24) is 9.78 Å². The summed E-state index contributed by atoms with van der Waals surface area (Å²) >= 11 is 5.08. The Labute approximate surface area is 160 Å². The maximum Gasteiger partial charge on any atom is 0.229 e. The van der Waals surface area contributed by atoms with Crippen LogP contribution < -0.4 is 5.32 Å². The molecule has 1 aliphatic carbocycles. The van der Waals surface area contributed by atoms with E-state index < -0.39 is 0 Å². The van der Waals surface area contributed by atoms with Gasteiger partial charge in [0.25, 0.3) is 0 Å². The third kappa shape index (κ3) is 3.51. The number of nitrogens with zero attached hydrogens (tertiary/aromatic N) is 3. The summed E-state index contributed by atoms with van der Waals surface area (Å²) in [5.74, 6) is -0.311. The summed E-state index contributed by atoms with van der Waals surface area (Å²) in [5, 5.41) is 17.7. The minimum absolute atomic E-state index is 0.0706. The molecule has 0 aromatic carbocycles. The van der Waals surface area contributed by atoms with E-state index in [4.69, 9.17) is 0 Å². The number of rotatable bonds is 4. The highest BCUT2D eigenvalue weighted by Gasteiger charge is 2.24. The first-order valence-corrected chi connectivity index (χ1v) is 10.1. The lowest BCUT2D eigenvalue weighted by Crippen LogP contribution is -2.25. The molecule has 2 aromatic heterocycles. The lowest BCUT2D eigenvalue weighted by Gasteiger charge is -2.13. The lowest BCUT2D eigenvalue weighted by molar-refractivity contribution is -0.119. The fraction of sp³-hybridized carbons (Fsp3) is 0.500. The zero-order valence-electron chi connectivity index (χ0n) is 14.6. The summed E-state index contributed by atoms with van der Waals surface area (Å²) in [6.45, 7) is 6.32. The third-order valence-electron chi connectivity index (χ3n) is 4.71. The molecule has 0 saturated heterocycles. The van der Waals surface area contributed by atoms with Gasteiger partial charge in [-0.05, 0) is 61.0 Å². The number of aromatic nitrogens is 2. The molecule has 0 fully saturated rings. The largest absolute Gasteiger partial charge is 0.316 e. The van der Waals surface area contributed by atoms with E-state index in [-0.39, 0.29) is 11.8 Å². The second-order valence-corrected chi connectivity index (χ2v) is 8.48. The van der Waals surface area contributed by atoms with Crippen LogP contribution in [0.15, 0.2) is 4.47 Å². The maximum atomic E-state index is 12.6. The average Bonchev–Trinajstić information content (AvgIpc) is 3.06. The van der Waals surface area contributed by atoms with Gasteiger partial charge in [0.2, 0.25) is 5.91 Å². The Morgan fingerprint density at radius 1 is 1.44 bits per heavy atom. The van der Waals surface area contributed by atoms with E-state index in [1.54, 1.807) is 11.3 Å². The molecule has 3 rings (SSSR count). The number of amides is 1. The summed E-state index contributed by atoms with van der Waals surface area (Å²) in [7, 11) is 0. The van der Waals surface area contributed by atoms with E-state index in [1.807, 2.05) is 25.5 Å². The fourth-order valence-corrected chi connectivity index (χ4v) is 4.73. The van der Waals surface area contributed by atoms with Crippen molar-refractivity contribution in [2.24, 2.45) is 5.92 Å². The van der Waals surface area contributed by atoms with Gasteiger partial charge in [-0.1, -0.05) is 6.92 Å². The normalized spacial score (nSPS) is 14.7. The number of nitrogens with one attached hydrogen (secondary N) is 1. The Bertz CT molecular complexity index is 862. The molecule has 0 aliphatic heterocycles. The van der Waals surface area contributed by atoms with E-state index in [9.17, 15) is 10.1 Å². The van der Waals surface area contributed by atoms with Crippen LogP contribution in [0.2, 0.25) is 0 Å². The number of hydrogen-bond acceptors (Lipinski definition) is 4. The number of carbonyl (C=O) groups excluding carboxylic acids is 1. The highest BCUT2D eigenvalue weighted by atomic mass is 79.9. The van der Waals surface area contributed by atoms with Gasteiger partial charge in [-0.2, -0.15) is 10.4 Å². The zero-order valence-corrected chi connectivity index (χ0v) is 17.1. The first kappa shape index (κ1) is 18.2. The van der Waals surface area contributed by atoms with Crippen molar-refractivity contribution in [3.8, 4) is 6.07 Å². The standard InChI is InChI=1S/C18H21BrN4OS/c1-10(9-23-12(3)16(19)11(2)22-23)17(24)21-18-14(8-20)13-6-4-5-7-15(13)25-18/h10H,4-7,9H2,1-3H3,(H,21,24). The molecule has 5 nitrogen and oxygen atoms in total. The van der Waals surface area contributed by atoms with Gasteiger partial charge >= 0.3 is 0 Å². The summed E-state index contributed by atoms with van der Waals surface area (Å²) < 4.78 is 2.84. The number of fused-ring (bicyclic) bond motifs is 1. The van der Waals surface area contributed by atoms with Crippen LogP contribution in [-0.2, 0) is 24.2 Å². The predicted molar refractivity (Wildman–Crippen MR) is 103 cm³/mol. The molecule has 1 N–H and O–H groups in total. The van der Waals surface area contributed by atoms with Gasteiger partial charge in [-0.25, -0.2) is 0 Å². The number of nitriles is 1. The second-order valence-electron chi connectivity index (χ2n) is 6.58. The van der Waals surface area contributed by atoms with E-state index in [1.165, 1.54) is 4.88 Å². The summed E-state index contributed by atoms with van der Waals surface area (Å²) in [5.41, 5.74) is 3.74. The minimum Gasteiger partial charge on any atom is -0.316 e. The van der Waals surface area contributed by atoms with Crippen molar-refractivity contribution in [2.45, 2.75) is 53.0 Å². The molecular weight excluding hydrogens is 400 g/mol. The Morgan fingerprint density at radius 3 is 2.80 bits per heavy atom. The maximum absolute atomic E-state index is 12.6. The van der Waals surface area contributed by atoms with Crippen molar-refractivity contribution < 1.29 is 4.79 Å². The van der Waals surface area contributed by atoms with Crippen LogP contribution >= 0.6 is 27.3 Å². The monoisotopic (exact) mass is 420 g/mol. The van der Waals surface area contributed by atoms with E-state index >= 15 is 0 Å². The number of thiophene rings is 1. The molecule has 132 valence electrons. The molecule has 2 heterocycles. The number of hydrogen-bond donors (Lipinski definition) is 1. The Kier molecular flexibility index (Phi) is 5.30. The van der Waals surface area contributed by atoms with Crippen LogP contribution in [0.5, 0.6) is 0 Å². The van der Waals surface area contributed by atoms with Gasteiger partial charge in [-0.3, -0.25) is 9.48 Å².